The molecule has 0 aliphatic heterocycles. The van der Waals surface area contributed by atoms with Crippen molar-refractivity contribution in [2.45, 2.75) is 45.3 Å². The average molecular weight is 497 g/mol. The monoisotopic (exact) mass is 496 g/mol. The van der Waals surface area contributed by atoms with Gasteiger partial charge in [-0.05, 0) is 48.7 Å². The van der Waals surface area contributed by atoms with Crippen molar-refractivity contribution in [3.05, 3.63) is 101 Å². The zero-order valence-corrected chi connectivity index (χ0v) is 20.7. The number of nitrogens with one attached hydrogen (secondary N) is 1. The Bertz CT molecular complexity index is 1130. The molecule has 0 saturated heterocycles. The Morgan fingerprint density at radius 2 is 1.69 bits per heavy atom. The van der Waals surface area contributed by atoms with E-state index in [1.54, 1.807) is 30.3 Å². The van der Waals surface area contributed by atoms with Crippen molar-refractivity contribution in [1.29, 1.82) is 0 Å². The highest BCUT2D eigenvalue weighted by atomic mass is 35.5. The fourth-order valence-electron chi connectivity index (χ4n) is 3.61. The van der Waals surface area contributed by atoms with E-state index >= 15 is 0 Å². The molecular formula is C28H30ClFN2O3. The van der Waals surface area contributed by atoms with Crippen molar-refractivity contribution in [3.63, 3.8) is 0 Å². The molecular weight excluding hydrogens is 467 g/mol. The normalized spacial score (nSPS) is 12.5. The molecule has 3 aromatic rings. The Balaban J connectivity index is 1.92. The van der Waals surface area contributed by atoms with Gasteiger partial charge in [0.05, 0.1) is 0 Å². The first-order chi connectivity index (χ1) is 16.9. The summed E-state index contributed by atoms with van der Waals surface area (Å²) in [5.74, 6) is -1.28. The number of benzene rings is 3. The van der Waals surface area contributed by atoms with E-state index in [1.165, 1.54) is 17.0 Å². The van der Waals surface area contributed by atoms with Crippen LogP contribution in [0.5, 0.6) is 5.75 Å². The minimum absolute atomic E-state index is 0.0211. The number of nitrogens with zero attached hydrogens (tertiary/aromatic N) is 1. The lowest BCUT2D eigenvalue weighted by molar-refractivity contribution is -0.143. The Morgan fingerprint density at radius 3 is 2.37 bits per heavy atom. The van der Waals surface area contributed by atoms with Gasteiger partial charge in [0, 0.05) is 24.0 Å². The maximum Gasteiger partial charge on any atom is 0.261 e. The van der Waals surface area contributed by atoms with Crippen molar-refractivity contribution in [3.8, 4) is 5.75 Å². The second kappa shape index (κ2) is 12.9. The van der Waals surface area contributed by atoms with E-state index in [4.69, 9.17) is 16.3 Å². The lowest BCUT2D eigenvalue weighted by atomic mass is 10.0. The summed E-state index contributed by atoms with van der Waals surface area (Å²) in [6.45, 7) is 3.63. The number of amides is 2. The molecule has 2 atom stereocenters. The van der Waals surface area contributed by atoms with Gasteiger partial charge in [0.2, 0.25) is 5.91 Å². The van der Waals surface area contributed by atoms with Crippen molar-refractivity contribution in [2.24, 2.45) is 0 Å². The highest BCUT2D eigenvalue weighted by molar-refractivity contribution is 6.30. The van der Waals surface area contributed by atoms with Gasteiger partial charge in [0.25, 0.3) is 5.91 Å². The van der Waals surface area contributed by atoms with Crippen LogP contribution in [0.2, 0.25) is 5.02 Å². The summed E-state index contributed by atoms with van der Waals surface area (Å²) in [6, 6.07) is 21.7. The minimum Gasteiger partial charge on any atom is -0.481 e. The largest absolute Gasteiger partial charge is 0.481 e. The van der Waals surface area contributed by atoms with Gasteiger partial charge in [0.1, 0.15) is 6.04 Å². The summed E-state index contributed by atoms with van der Waals surface area (Å²) in [7, 11) is 0. The minimum atomic E-state index is -0.804. The van der Waals surface area contributed by atoms with E-state index in [-0.39, 0.29) is 24.2 Å². The summed E-state index contributed by atoms with van der Waals surface area (Å²) in [5, 5.41) is 3.53. The number of hydrogen-bond acceptors (Lipinski definition) is 3. The van der Waals surface area contributed by atoms with Crippen LogP contribution in [0.25, 0.3) is 0 Å². The summed E-state index contributed by atoms with van der Waals surface area (Å²) in [5.41, 5.74) is 1.68. The molecule has 7 heteroatoms. The maximum absolute atomic E-state index is 14.1. The Kier molecular flexibility index (Phi) is 9.67. The molecule has 0 aliphatic rings. The number of rotatable bonds is 11. The zero-order chi connectivity index (χ0) is 25.2. The third-order valence-corrected chi connectivity index (χ3v) is 5.94. The Hall–Kier alpha value is -3.38. The van der Waals surface area contributed by atoms with Crippen molar-refractivity contribution in [1.82, 2.24) is 10.2 Å². The topological polar surface area (TPSA) is 58.6 Å². The average Bonchev–Trinajstić information content (AvgIpc) is 2.86. The van der Waals surface area contributed by atoms with Gasteiger partial charge in [-0.15, -0.1) is 0 Å². The molecule has 0 saturated carbocycles. The van der Waals surface area contributed by atoms with Crippen molar-refractivity contribution < 1.29 is 18.7 Å². The van der Waals surface area contributed by atoms with Crippen LogP contribution >= 0.6 is 11.6 Å². The third kappa shape index (κ3) is 7.82. The zero-order valence-electron chi connectivity index (χ0n) is 19.9. The molecule has 0 fully saturated rings. The molecule has 0 radical (unpaired) electrons. The second-order valence-electron chi connectivity index (χ2n) is 8.39. The molecule has 0 aromatic heterocycles. The van der Waals surface area contributed by atoms with Gasteiger partial charge < -0.3 is 15.0 Å². The standard InChI is InChI=1S/C28H30ClFN2O3/c1-3-20(2)31-28(34)25(17-21-10-5-4-6-11-21)32(18-22-12-9-13-23(29)16-22)27(33)19-35-26-15-8-7-14-24(26)30/h4-16,20,25H,3,17-19H2,1-2H3,(H,31,34). The summed E-state index contributed by atoms with van der Waals surface area (Å²) in [6.07, 6.45) is 1.07. The third-order valence-electron chi connectivity index (χ3n) is 5.70. The van der Waals surface area contributed by atoms with Gasteiger partial charge >= 0.3 is 0 Å². The molecule has 3 rings (SSSR count). The fourth-order valence-corrected chi connectivity index (χ4v) is 3.82. The smallest absolute Gasteiger partial charge is 0.261 e. The van der Waals surface area contributed by atoms with Crippen LogP contribution in [-0.4, -0.2) is 35.4 Å². The van der Waals surface area contributed by atoms with E-state index in [0.29, 0.717) is 11.4 Å². The van der Waals surface area contributed by atoms with Crippen LogP contribution in [0.4, 0.5) is 4.39 Å². The number of carbonyl (C=O) groups is 2. The van der Waals surface area contributed by atoms with E-state index in [9.17, 15) is 14.0 Å². The summed E-state index contributed by atoms with van der Waals surface area (Å²) < 4.78 is 19.6. The molecule has 35 heavy (non-hydrogen) atoms. The lowest BCUT2D eigenvalue weighted by Crippen LogP contribution is -2.53. The van der Waals surface area contributed by atoms with Crippen LogP contribution in [0.15, 0.2) is 78.9 Å². The van der Waals surface area contributed by atoms with Crippen LogP contribution in [0, 0.1) is 5.82 Å². The van der Waals surface area contributed by atoms with Crippen LogP contribution < -0.4 is 10.1 Å². The SMILES string of the molecule is CCC(C)NC(=O)C(Cc1ccccc1)N(Cc1cccc(Cl)c1)C(=O)COc1ccccc1F. The first kappa shape index (κ1) is 26.2. The van der Waals surface area contributed by atoms with Crippen LogP contribution in [-0.2, 0) is 22.6 Å². The summed E-state index contributed by atoms with van der Waals surface area (Å²) >= 11 is 6.18. The molecule has 0 bridgehead atoms. The molecule has 5 nitrogen and oxygen atoms in total. The van der Waals surface area contributed by atoms with Gasteiger partial charge in [-0.3, -0.25) is 9.59 Å². The molecule has 1 N–H and O–H groups in total. The number of carbonyl (C=O) groups excluding carboxylic acids is 2. The van der Waals surface area contributed by atoms with E-state index in [2.05, 4.69) is 5.32 Å². The highest BCUT2D eigenvalue weighted by Gasteiger charge is 2.31. The predicted molar refractivity (Wildman–Crippen MR) is 136 cm³/mol. The molecule has 3 aromatic carbocycles. The Morgan fingerprint density at radius 1 is 1.00 bits per heavy atom. The highest BCUT2D eigenvalue weighted by Crippen LogP contribution is 2.19. The van der Waals surface area contributed by atoms with E-state index in [1.807, 2.05) is 50.2 Å². The van der Waals surface area contributed by atoms with Gasteiger partial charge in [0.15, 0.2) is 18.2 Å². The first-order valence-electron chi connectivity index (χ1n) is 11.6. The van der Waals surface area contributed by atoms with Crippen molar-refractivity contribution >= 4 is 23.4 Å². The van der Waals surface area contributed by atoms with Gasteiger partial charge in [-0.2, -0.15) is 0 Å². The fraction of sp³-hybridized carbons (Fsp3) is 0.286. The second-order valence-corrected chi connectivity index (χ2v) is 8.83. The predicted octanol–water partition coefficient (Wildman–Crippen LogP) is 5.41. The molecule has 184 valence electrons. The van der Waals surface area contributed by atoms with Crippen molar-refractivity contribution in [2.75, 3.05) is 6.61 Å². The number of para-hydroxylation sites is 1. The van der Waals surface area contributed by atoms with Gasteiger partial charge in [-0.1, -0.05) is 73.1 Å². The van der Waals surface area contributed by atoms with E-state index in [0.717, 1.165) is 17.5 Å². The number of hydrogen-bond donors (Lipinski definition) is 1. The van der Waals surface area contributed by atoms with Crippen LogP contribution in [0.3, 0.4) is 0 Å². The summed E-state index contributed by atoms with van der Waals surface area (Å²) in [4.78, 5) is 28.4. The van der Waals surface area contributed by atoms with Crippen LogP contribution in [0.1, 0.15) is 31.4 Å². The Labute approximate surface area is 210 Å². The molecule has 2 unspecified atom stereocenters. The first-order valence-corrected chi connectivity index (χ1v) is 12.0. The number of ether oxygens (including phenoxy) is 1. The lowest BCUT2D eigenvalue weighted by Gasteiger charge is -2.32. The quantitative estimate of drug-likeness (QED) is 0.386. The maximum atomic E-state index is 14.1. The molecule has 0 aliphatic carbocycles. The van der Waals surface area contributed by atoms with E-state index < -0.39 is 24.4 Å². The number of halogens is 2. The molecule has 2 amide bonds. The molecule has 0 heterocycles. The van der Waals surface area contributed by atoms with Gasteiger partial charge in [-0.25, -0.2) is 4.39 Å². The molecule has 0 spiro atoms.